The van der Waals surface area contributed by atoms with Gasteiger partial charge in [-0.25, -0.2) is 4.79 Å². The molecule has 0 bridgehead atoms. The van der Waals surface area contributed by atoms with E-state index in [4.69, 9.17) is 4.74 Å². The van der Waals surface area contributed by atoms with Gasteiger partial charge in [-0.2, -0.15) is 0 Å². The molecular formula is C20H30O2. The van der Waals surface area contributed by atoms with Crippen molar-refractivity contribution in [2.45, 2.75) is 52.4 Å². The van der Waals surface area contributed by atoms with E-state index in [-0.39, 0.29) is 5.97 Å². The molecule has 0 saturated heterocycles. The molecular weight excluding hydrogens is 272 g/mol. The summed E-state index contributed by atoms with van der Waals surface area (Å²) in [6.07, 6.45) is 9.09. The summed E-state index contributed by atoms with van der Waals surface area (Å²) < 4.78 is 4.97. The predicted molar refractivity (Wildman–Crippen MR) is 95.7 cm³/mol. The van der Waals surface area contributed by atoms with Crippen molar-refractivity contribution in [3.05, 3.63) is 54.6 Å². The number of benzene rings is 1. The fourth-order valence-electron chi connectivity index (χ4n) is 1.76. The van der Waals surface area contributed by atoms with E-state index in [2.05, 4.69) is 20.1 Å². The molecule has 22 heavy (non-hydrogen) atoms. The summed E-state index contributed by atoms with van der Waals surface area (Å²) in [7, 11) is 0. The van der Waals surface area contributed by atoms with E-state index >= 15 is 0 Å². The lowest BCUT2D eigenvalue weighted by atomic mass is 10.1. The van der Waals surface area contributed by atoms with Crippen molar-refractivity contribution in [2.75, 3.05) is 6.61 Å². The van der Waals surface area contributed by atoms with E-state index < -0.39 is 0 Å². The van der Waals surface area contributed by atoms with Crippen LogP contribution in [0.5, 0.6) is 0 Å². The molecule has 2 heteroatoms. The molecule has 1 aromatic carbocycles. The average molecular weight is 302 g/mol. The van der Waals surface area contributed by atoms with Crippen molar-refractivity contribution in [1.82, 2.24) is 0 Å². The maximum atomic E-state index is 11.0. The number of hydrogen-bond acceptors (Lipinski definition) is 2. The molecule has 0 N–H and O–H groups in total. The molecule has 1 rings (SSSR count). The van der Waals surface area contributed by atoms with Crippen LogP contribution in [-0.4, -0.2) is 12.6 Å². The van der Waals surface area contributed by atoms with Crippen LogP contribution in [0.25, 0.3) is 6.08 Å². The number of hydrogen-bond donors (Lipinski definition) is 0. The van der Waals surface area contributed by atoms with E-state index in [1.807, 2.05) is 36.4 Å². The number of ether oxygens (including phenoxy) is 1. The molecule has 0 spiro atoms. The van der Waals surface area contributed by atoms with Gasteiger partial charge in [0.1, 0.15) is 0 Å². The molecule has 122 valence electrons. The van der Waals surface area contributed by atoms with E-state index in [1.165, 1.54) is 31.2 Å². The Balaban J connectivity index is 0.000000461. The number of unbranched alkanes of at least 4 members (excludes halogenated alkanes) is 5. The summed E-state index contributed by atoms with van der Waals surface area (Å²) >= 11 is 0. The second-order valence-corrected chi connectivity index (χ2v) is 5.30. The molecule has 0 amide bonds. The maximum absolute atomic E-state index is 11.0. The predicted octanol–water partition coefficient (Wildman–Crippen LogP) is 5.80. The van der Waals surface area contributed by atoms with Gasteiger partial charge in [-0.15, -0.1) is 0 Å². The molecule has 0 atom stereocenters. The molecule has 2 nitrogen and oxygen atoms in total. The largest absolute Gasteiger partial charge is 0.462 e. The van der Waals surface area contributed by atoms with Crippen LogP contribution in [0.4, 0.5) is 0 Å². The van der Waals surface area contributed by atoms with Crippen LogP contribution in [0.15, 0.2) is 49.1 Å². The van der Waals surface area contributed by atoms with Crippen molar-refractivity contribution in [3.8, 4) is 0 Å². The number of rotatable bonds is 9. The average Bonchev–Trinajstić information content (AvgIpc) is 2.55. The van der Waals surface area contributed by atoms with Gasteiger partial charge in [0.25, 0.3) is 0 Å². The van der Waals surface area contributed by atoms with E-state index in [1.54, 1.807) is 6.92 Å². The van der Waals surface area contributed by atoms with E-state index in [0.29, 0.717) is 12.2 Å². The molecule has 0 heterocycles. The lowest BCUT2D eigenvalue weighted by Crippen LogP contribution is -2.05. The third kappa shape index (κ3) is 12.0. The minimum absolute atomic E-state index is 0.265. The Morgan fingerprint density at radius 2 is 1.68 bits per heavy atom. The van der Waals surface area contributed by atoms with Crippen LogP contribution < -0.4 is 0 Å². The van der Waals surface area contributed by atoms with Crippen LogP contribution >= 0.6 is 0 Å². The van der Waals surface area contributed by atoms with Gasteiger partial charge in [0, 0.05) is 5.57 Å². The molecule has 0 aliphatic carbocycles. The normalized spacial score (nSPS) is 9.36. The van der Waals surface area contributed by atoms with Crippen LogP contribution in [0, 0.1) is 0 Å². The fourth-order valence-corrected chi connectivity index (χ4v) is 1.76. The minimum atomic E-state index is -0.265. The molecule has 0 aliphatic rings. The molecule has 0 saturated carbocycles. The second-order valence-electron chi connectivity index (χ2n) is 5.30. The van der Waals surface area contributed by atoms with Gasteiger partial charge in [0.2, 0.25) is 0 Å². The second kappa shape index (κ2) is 14.1. The van der Waals surface area contributed by atoms with Gasteiger partial charge in [0.15, 0.2) is 0 Å². The molecule has 1 aromatic rings. The first kappa shape index (κ1) is 20.2. The maximum Gasteiger partial charge on any atom is 0.333 e. The Labute approximate surface area is 135 Å². The van der Waals surface area contributed by atoms with Crippen LogP contribution in [0.1, 0.15) is 57.9 Å². The Morgan fingerprint density at radius 1 is 1.09 bits per heavy atom. The lowest BCUT2D eigenvalue weighted by Gasteiger charge is -2.03. The van der Waals surface area contributed by atoms with Gasteiger partial charge < -0.3 is 4.74 Å². The third-order valence-electron chi connectivity index (χ3n) is 3.11. The molecule has 0 unspecified atom stereocenters. The minimum Gasteiger partial charge on any atom is -0.462 e. The fraction of sp³-hybridized carbons (Fsp3) is 0.450. The zero-order valence-electron chi connectivity index (χ0n) is 14.1. The van der Waals surface area contributed by atoms with Crippen LogP contribution in [-0.2, 0) is 9.53 Å². The Kier molecular flexibility index (Phi) is 12.9. The van der Waals surface area contributed by atoms with Crippen LogP contribution in [0.2, 0.25) is 0 Å². The monoisotopic (exact) mass is 302 g/mol. The third-order valence-corrected chi connectivity index (χ3v) is 3.11. The summed E-state index contributed by atoms with van der Waals surface area (Å²) in [6, 6.07) is 10.0. The highest BCUT2D eigenvalue weighted by Gasteiger charge is 2.01. The summed E-state index contributed by atoms with van der Waals surface area (Å²) in [4.78, 5) is 11.0. The smallest absolute Gasteiger partial charge is 0.333 e. The SMILES string of the molecule is C=C(C)C(=O)OCCCCCCCC.C=Cc1ccccc1. The molecule has 0 aromatic heterocycles. The van der Waals surface area contributed by atoms with Crippen LogP contribution in [0.3, 0.4) is 0 Å². The summed E-state index contributed by atoms with van der Waals surface area (Å²) in [6.45, 7) is 11.6. The summed E-state index contributed by atoms with van der Waals surface area (Å²) in [5.41, 5.74) is 1.66. The highest BCUT2D eigenvalue weighted by atomic mass is 16.5. The first-order valence-electron chi connectivity index (χ1n) is 8.12. The Morgan fingerprint density at radius 3 is 2.18 bits per heavy atom. The van der Waals surface area contributed by atoms with E-state index in [0.717, 1.165) is 12.8 Å². The highest BCUT2D eigenvalue weighted by Crippen LogP contribution is 2.05. The standard InChI is InChI=1S/C12H22O2.C8H8/c1-4-5-6-7-8-9-10-14-12(13)11(2)3;1-2-8-6-4-3-5-7-8/h2,4-10H2,1,3H3;2-7H,1H2. The van der Waals surface area contributed by atoms with Gasteiger partial charge in [0.05, 0.1) is 6.61 Å². The first-order valence-corrected chi connectivity index (χ1v) is 8.12. The Bertz CT molecular complexity index is 421. The molecule has 0 radical (unpaired) electrons. The van der Waals surface area contributed by atoms with E-state index in [9.17, 15) is 4.79 Å². The number of carbonyl (C=O) groups excluding carboxylic acids is 1. The zero-order chi connectivity index (χ0) is 16.6. The van der Waals surface area contributed by atoms with Crippen molar-refractivity contribution >= 4 is 12.0 Å². The number of carbonyl (C=O) groups is 1. The van der Waals surface area contributed by atoms with Gasteiger partial charge in [-0.1, -0.05) is 88.6 Å². The van der Waals surface area contributed by atoms with Crippen molar-refractivity contribution < 1.29 is 9.53 Å². The van der Waals surface area contributed by atoms with Crippen molar-refractivity contribution in [1.29, 1.82) is 0 Å². The zero-order valence-corrected chi connectivity index (χ0v) is 14.1. The topological polar surface area (TPSA) is 26.3 Å². The van der Waals surface area contributed by atoms with Crippen molar-refractivity contribution in [2.24, 2.45) is 0 Å². The first-order chi connectivity index (χ1) is 10.6. The Hall–Kier alpha value is -1.83. The quantitative estimate of drug-likeness (QED) is 0.327. The molecule has 0 fully saturated rings. The number of esters is 1. The van der Waals surface area contributed by atoms with Crippen molar-refractivity contribution in [3.63, 3.8) is 0 Å². The van der Waals surface area contributed by atoms with Gasteiger partial charge >= 0.3 is 5.97 Å². The summed E-state index contributed by atoms with van der Waals surface area (Å²) in [5.74, 6) is -0.265. The summed E-state index contributed by atoms with van der Waals surface area (Å²) in [5, 5.41) is 0. The lowest BCUT2D eigenvalue weighted by molar-refractivity contribution is -0.139. The van der Waals surface area contributed by atoms with Gasteiger partial charge in [-0.05, 0) is 18.9 Å². The molecule has 0 aliphatic heterocycles. The highest BCUT2D eigenvalue weighted by molar-refractivity contribution is 5.86. The van der Waals surface area contributed by atoms with Gasteiger partial charge in [-0.3, -0.25) is 0 Å².